The number of amides is 4. The minimum absolute atomic E-state index is 0.0421. The highest BCUT2D eigenvalue weighted by molar-refractivity contribution is 5.81. The Balaban J connectivity index is 1.08. The molecule has 144 valence electrons. The summed E-state index contributed by atoms with van der Waals surface area (Å²) in [4.78, 5) is 27.5. The molecule has 3 aliphatic heterocycles. The van der Waals surface area contributed by atoms with Crippen molar-refractivity contribution in [3.05, 3.63) is 35.4 Å². The molecule has 6 nitrogen and oxygen atoms in total. The molecule has 1 aromatic rings. The highest BCUT2D eigenvalue weighted by Gasteiger charge is 2.56. The number of hydrogen-bond acceptors (Lipinski definition) is 2. The van der Waals surface area contributed by atoms with Crippen LogP contribution in [-0.4, -0.2) is 60.1 Å². The maximum Gasteiger partial charge on any atom is 0.320 e. The van der Waals surface area contributed by atoms with Crippen LogP contribution in [0.1, 0.15) is 18.4 Å². The first kappa shape index (κ1) is 16.8. The summed E-state index contributed by atoms with van der Waals surface area (Å²) < 4.78 is 26.8. The lowest BCUT2D eigenvalue weighted by Crippen LogP contribution is -2.74. The van der Waals surface area contributed by atoms with E-state index < -0.39 is 11.6 Å². The first-order valence-corrected chi connectivity index (χ1v) is 9.39. The number of carbonyl (C=O) groups excluding carboxylic acids is 2. The van der Waals surface area contributed by atoms with E-state index in [1.54, 1.807) is 4.90 Å². The average Bonchev–Trinajstić information content (AvgIpc) is 2.90. The van der Waals surface area contributed by atoms with Gasteiger partial charge in [-0.05, 0) is 36.8 Å². The molecular weight excluding hydrogens is 354 g/mol. The van der Waals surface area contributed by atoms with Gasteiger partial charge in [-0.15, -0.1) is 0 Å². The van der Waals surface area contributed by atoms with Crippen molar-refractivity contribution in [2.45, 2.75) is 24.8 Å². The summed E-state index contributed by atoms with van der Waals surface area (Å²) in [6.45, 7) is 3.19. The normalized spacial score (nSPS) is 24.9. The van der Waals surface area contributed by atoms with Crippen LogP contribution in [0.4, 0.5) is 18.4 Å². The zero-order chi connectivity index (χ0) is 18.8. The van der Waals surface area contributed by atoms with E-state index in [0.717, 1.165) is 32.0 Å². The Hall–Kier alpha value is -2.38. The topological polar surface area (TPSA) is 64.7 Å². The smallest absolute Gasteiger partial charge is 0.320 e. The van der Waals surface area contributed by atoms with E-state index in [2.05, 4.69) is 10.6 Å². The molecule has 0 aromatic heterocycles. The van der Waals surface area contributed by atoms with Crippen molar-refractivity contribution in [2.75, 3.05) is 32.7 Å². The minimum Gasteiger partial charge on any atom is -0.336 e. The van der Waals surface area contributed by atoms with E-state index in [1.165, 1.54) is 12.1 Å². The van der Waals surface area contributed by atoms with E-state index in [9.17, 15) is 18.4 Å². The van der Waals surface area contributed by atoms with Crippen molar-refractivity contribution in [3.63, 3.8) is 0 Å². The van der Waals surface area contributed by atoms with Gasteiger partial charge in [0.2, 0.25) is 0 Å². The van der Waals surface area contributed by atoms with Crippen LogP contribution in [0.5, 0.6) is 0 Å². The van der Waals surface area contributed by atoms with Gasteiger partial charge in [-0.2, -0.15) is 0 Å². The summed E-state index contributed by atoms with van der Waals surface area (Å²) in [5.74, 6) is -0.619. The van der Waals surface area contributed by atoms with Gasteiger partial charge in [0.25, 0.3) is 0 Å². The Morgan fingerprint density at radius 3 is 2.48 bits per heavy atom. The van der Waals surface area contributed by atoms with Gasteiger partial charge >= 0.3 is 12.1 Å². The van der Waals surface area contributed by atoms with Crippen LogP contribution in [-0.2, 0) is 6.42 Å². The van der Waals surface area contributed by atoms with Crippen molar-refractivity contribution >= 4 is 12.1 Å². The second-order valence-corrected chi connectivity index (χ2v) is 8.80. The van der Waals surface area contributed by atoms with Gasteiger partial charge in [-0.1, -0.05) is 6.07 Å². The summed E-state index contributed by atoms with van der Waals surface area (Å²) in [7, 11) is 0. The largest absolute Gasteiger partial charge is 0.336 e. The average molecular weight is 376 g/mol. The van der Waals surface area contributed by atoms with Gasteiger partial charge in [0.05, 0.1) is 5.54 Å². The molecule has 4 fully saturated rings. The minimum atomic E-state index is -0.546. The van der Waals surface area contributed by atoms with Crippen LogP contribution in [0.2, 0.25) is 0 Å². The molecule has 0 atom stereocenters. The Morgan fingerprint density at radius 1 is 1.15 bits per heavy atom. The van der Waals surface area contributed by atoms with Crippen molar-refractivity contribution in [1.82, 2.24) is 20.4 Å². The zero-order valence-corrected chi connectivity index (χ0v) is 14.9. The summed E-state index contributed by atoms with van der Waals surface area (Å²) in [6, 6.07) is 3.65. The molecule has 4 amide bonds. The van der Waals surface area contributed by atoms with Crippen molar-refractivity contribution < 1.29 is 18.4 Å². The van der Waals surface area contributed by atoms with Gasteiger partial charge in [-0.3, -0.25) is 0 Å². The van der Waals surface area contributed by atoms with Gasteiger partial charge in [0, 0.05) is 44.2 Å². The molecule has 1 saturated carbocycles. The molecule has 3 heterocycles. The second kappa shape index (κ2) is 5.56. The third kappa shape index (κ3) is 2.73. The quantitative estimate of drug-likeness (QED) is 0.825. The molecule has 27 heavy (non-hydrogen) atoms. The van der Waals surface area contributed by atoms with Gasteiger partial charge in [-0.25, -0.2) is 18.4 Å². The molecule has 2 N–H and O–H groups in total. The Morgan fingerprint density at radius 2 is 1.85 bits per heavy atom. The lowest BCUT2D eigenvalue weighted by molar-refractivity contribution is -0.0821. The maximum atomic E-state index is 13.8. The number of likely N-dealkylation sites (tertiary alicyclic amines) is 2. The lowest BCUT2D eigenvalue weighted by Gasteiger charge is -2.61. The predicted octanol–water partition coefficient (Wildman–Crippen LogP) is 1.71. The number of benzene rings is 1. The number of carbonyl (C=O) groups is 2. The maximum absolute atomic E-state index is 13.8. The van der Waals surface area contributed by atoms with E-state index in [-0.39, 0.29) is 23.0 Å². The van der Waals surface area contributed by atoms with Crippen LogP contribution < -0.4 is 10.6 Å². The van der Waals surface area contributed by atoms with E-state index in [1.807, 2.05) is 4.90 Å². The van der Waals surface area contributed by atoms with Gasteiger partial charge in [0.1, 0.15) is 11.6 Å². The number of halogens is 2. The monoisotopic (exact) mass is 376 g/mol. The molecule has 0 radical (unpaired) electrons. The fraction of sp³-hybridized carbons (Fsp3) is 0.579. The van der Waals surface area contributed by atoms with Crippen LogP contribution >= 0.6 is 0 Å². The fourth-order valence-electron chi connectivity index (χ4n) is 5.25. The molecular formula is C19H22F2N4O2. The highest BCUT2D eigenvalue weighted by atomic mass is 19.1. The molecule has 3 saturated heterocycles. The standard InChI is InChI=1S/C19H22F2N4O2/c20-14-2-1-13(15(21)4-14)3-12-5-18(6-12)8-24(9-18)17(27)25-10-19(11-25)7-22-16(26)23-19/h1-2,4,12H,3,5-11H2,(H2,22,23,26). The van der Waals surface area contributed by atoms with Crippen molar-refractivity contribution in [1.29, 1.82) is 0 Å². The van der Waals surface area contributed by atoms with Crippen LogP contribution in [0, 0.1) is 23.0 Å². The van der Waals surface area contributed by atoms with Crippen LogP contribution in [0.3, 0.4) is 0 Å². The second-order valence-electron chi connectivity index (χ2n) is 8.80. The number of nitrogens with zero attached hydrogens (tertiary/aromatic N) is 2. The lowest BCUT2D eigenvalue weighted by atomic mass is 9.56. The van der Waals surface area contributed by atoms with E-state index >= 15 is 0 Å². The summed E-state index contributed by atoms with van der Waals surface area (Å²) >= 11 is 0. The van der Waals surface area contributed by atoms with Crippen LogP contribution in [0.25, 0.3) is 0 Å². The first-order valence-electron chi connectivity index (χ1n) is 9.39. The number of hydrogen-bond donors (Lipinski definition) is 2. The molecule has 1 aromatic carbocycles. The van der Waals surface area contributed by atoms with E-state index in [0.29, 0.717) is 37.5 Å². The highest BCUT2D eigenvalue weighted by Crippen LogP contribution is 2.53. The molecule has 0 unspecified atom stereocenters. The SMILES string of the molecule is O=C1NCC2(CN(C(=O)N3CC4(CC(Cc5ccc(F)cc5F)C4)C3)C2)N1. The third-order valence-electron chi connectivity index (χ3n) is 6.51. The molecule has 8 heteroatoms. The third-order valence-corrected chi connectivity index (χ3v) is 6.51. The molecule has 5 rings (SSSR count). The van der Waals surface area contributed by atoms with Crippen molar-refractivity contribution in [3.8, 4) is 0 Å². The predicted molar refractivity (Wildman–Crippen MR) is 93.0 cm³/mol. The Kier molecular flexibility index (Phi) is 3.45. The molecule has 1 aliphatic carbocycles. The number of rotatable bonds is 2. The summed E-state index contributed by atoms with van der Waals surface area (Å²) in [5, 5.41) is 5.63. The summed E-state index contributed by atoms with van der Waals surface area (Å²) in [6.07, 6.45) is 2.60. The van der Waals surface area contributed by atoms with Crippen LogP contribution in [0.15, 0.2) is 18.2 Å². The summed E-state index contributed by atoms with van der Waals surface area (Å²) in [5.41, 5.74) is 0.472. The number of urea groups is 2. The zero-order valence-electron chi connectivity index (χ0n) is 14.9. The number of nitrogens with one attached hydrogen (secondary N) is 2. The van der Waals surface area contributed by atoms with Gasteiger partial charge < -0.3 is 20.4 Å². The van der Waals surface area contributed by atoms with Gasteiger partial charge in [0.15, 0.2) is 0 Å². The first-order chi connectivity index (χ1) is 12.9. The fourth-order valence-corrected chi connectivity index (χ4v) is 5.25. The molecule has 0 bridgehead atoms. The Labute approximate surface area is 155 Å². The Bertz CT molecular complexity index is 810. The van der Waals surface area contributed by atoms with E-state index in [4.69, 9.17) is 0 Å². The molecule has 4 aliphatic rings. The molecule has 2 spiro atoms. The van der Waals surface area contributed by atoms with Crippen molar-refractivity contribution in [2.24, 2.45) is 11.3 Å².